The van der Waals surface area contributed by atoms with Gasteiger partial charge in [-0.2, -0.15) is 5.26 Å². The van der Waals surface area contributed by atoms with Crippen molar-refractivity contribution >= 4 is 15.9 Å². The van der Waals surface area contributed by atoms with Gasteiger partial charge in [-0.1, -0.05) is 28.1 Å². The standard InChI is InChI=1S/C12H9BrN2/c13-11-3-1-9(2-4-11)12(7-14)10-5-6-15-8-10/h1-6,8,12,15H. The van der Waals surface area contributed by atoms with E-state index in [1.54, 1.807) is 0 Å². The van der Waals surface area contributed by atoms with Gasteiger partial charge in [-0.15, -0.1) is 0 Å². The third-order valence-corrected chi connectivity index (χ3v) is 2.82. The number of nitrogens with one attached hydrogen (secondary N) is 1. The van der Waals surface area contributed by atoms with Gasteiger partial charge in [0.05, 0.1) is 12.0 Å². The minimum absolute atomic E-state index is 0.190. The first-order valence-corrected chi connectivity index (χ1v) is 5.38. The average molecular weight is 261 g/mol. The molecule has 0 fully saturated rings. The third-order valence-electron chi connectivity index (χ3n) is 2.29. The molecule has 0 saturated carbocycles. The lowest BCUT2D eigenvalue weighted by Gasteiger charge is -2.07. The van der Waals surface area contributed by atoms with Crippen molar-refractivity contribution in [3.63, 3.8) is 0 Å². The van der Waals surface area contributed by atoms with E-state index in [9.17, 15) is 0 Å². The van der Waals surface area contributed by atoms with Gasteiger partial charge in [-0.05, 0) is 29.3 Å². The zero-order valence-corrected chi connectivity index (χ0v) is 9.53. The van der Waals surface area contributed by atoms with E-state index in [0.717, 1.165) is 15.6 Å². The molecule has 1 aromatic heterocycles. The second kappa shape index (κ2) is 4.33. The number of hydrogen-bond donors (Lipinski definition) is 1. The lowest BCUT2D eigenvalue weighted by molar-refractivity contribution is 1.04. The van der Waals surface area contributed by atoms with Crippen LogP contribution >= 0.6 is 15.9 Å². The molecule has 74 valence electrons. The van der Waals surface area contributed by atoms with E-state index in [1.807, 2.05) is 42.7 Å². The van der Waals surface area contributed by atoms with Crippen LogP contribution in [0.25, 0.3) is 0 Å². The molecule has 1 atom stereocenters. The number of halogens is 1. The maximum absolute atomic E-state index is 9.14. The Hall–Kier alpha value is -1.53. The van der Waals surface area contributed by atoms with Gasteiger partial charge in [0.2, 0.25) is 0 Å². The molecule has 1 N–H and O–H groups in total. The highest BCUT2D eigenvalue weighted by Crippen LogP contribution is 2.24. The van der Waals surface area contributed by atoms with Crippen molar-refractivity contribution in [2.24, 2.45) is 0 Å². The molecule has 1 unspecified atom stereocenters. The van der Waals surface area contributed by atoms with Crippen LogP contribution in [0, 0.1) is 11.3 Å². The van der Waals surface area contributed by atoms with E-state index in [0.29, 0.717) is 0 Å². The highest BCUT2D eigenvalue weighted by atomic mass is 79.9. The van der Waals surface area contributed by atoms with E-state index in [1.165, 1.54) is 0 Å². The molecule has 0 radical (unpaired) electrons. The van der Waals surface area contributed by atoms with Crippen molar-refractivity contribution < 1.29 is 0 Å². The van der Waals surface area contributed by atoms with Gasteiger partial charge in [0.15, 0.2) is 0 Å². The topological polar surface area (TPSA) is 39.6 Å². The number of aromatic amines is 1. The molecule has 2 rings (SSSR count). The van der Waals surface area contributed by atoms with Gasteiger partial charge < -0.3 is 4.98 Å². The fourth-order valence-corrected chi connectivity index (χ4v) is 1.78. The van der Waals surface area contributed by atoms with Crippen molar-refractivity contribution in [2.75, 3.05) is 0 Å². The van der Waals surface area contributed by atoms with E-state index < -0.39 is 0 Å². The summed E-state index contributed by atoms with van der Waals surface area (Å²) in [7, 11) is 0. The number of nitriles is 1. The maximum atomic E-state index is 9.14. The molecule has 0 spiro atoms. The van der Waals surface area contributed by atoms with Gasteiger partial charge in [0.25, 0.3) is 0 Å². The fraction of sp³-hybridized carbons (Fsp3) is 0.0833. The molecule has 0 aliphatic rings. The minimum Gasteiger partial charge on any atom is -0.367 e. The van der Waals surface area contributed by atoms with Crippen molar-refractivity contribution in [1.29, 1.82) is 5.26 Å². The predicted molar refractivity (Wildman–Crippen MR) is 62.4 cm³/mol. The Labute approximate surface area is 96.7 Å². The van der Waals surface area contributed by atoms with Crippen LogP contribution < -0.4 is 0 Å². The Balaban J connectivity index is 2.37. The zero-order valence-electron chi connectivity index (χ0n) is 7.94. The first-order valence-electron chi connectivity index (χ1n) is 4.59. The monoisotopic (exact) mass is 260 g/mol. The van der Waals surface area contributed by atoms with Crippen LogP contribution in [-0.2, 0) is 0 Å². The Kier molecular flexibility index (Phi) is 2.89. The summed E-state index contributed by atoms with van der Waals surface area (Å²) in [6, 6.07) is 12.1. The molecular formula is C12H9BrN2. The maximum Gasteiger partial charge on any atom is 0.0977 e. The summed E-state index contributed by atoms with van der Waals surface area (Å²) in [6.07, 6.45) is 3.69. The Bertz CT molecular complexity index is 465. The molecule has 1 aromatic carbocycles. The number of benzene rings is 1. The first-order chi connectivity index (χ1) is 7.31. The molecule has 0 aliphatic heterocycles. The highest BCUT2D eigenvalue weighted by Gasteiger charge is 2.12. The van der Waals surface area contributed by atoms with Gasteiger partial charge in [0, 0.05) is 16.9 Å². The Morgan fingerprint density at radius 2 is 1.87 bits per heavy atom. The molecular weight excluding hydrogens is 252 g/mol. The van der Waals surface area contributed by atoms with Crippen LogP contribution in [0.15, 0.2) is 47.2 Å². The van der Waals surface area contributed by atoms with E-state index >= 15 is 0 Å². The highest BCUT2D eigenvalue weighted by molar-refractivity contribution is 9.10. The van der Waals surface area contributed by atoms with Gasteiger partial charge in [-0.3, -0.25) is 0 Å². The van der Waals surface area contributed by atoms with E-state index in [-0.39, 0.29) is 5.92 Å². The number of aromatic nitrogens is 1. The minimum atomic E-state index is -0.190. The number of hydrogen-bond acceptors (Lipinski definition) is 1. The molecule has 3 heteroatoms. The summed E-state index contributed by atoms with van der Waals surface area (Å²) in [5.74, 6) is -0.190. The van der Waals surface area contributed by atoms with Crippen LogP contribution in [-0.4, -0.2) is 4.98 Å². The fourth-order valence-electron chi connectivity index (χ4n) is 1.51. The smallest absolute Gasteiger partial charge is 0.0977 e. The van der Waals surface area contributed by atoms with Crippen LogP contribution in [0.2, 0.25) is 0 Å². The van der Waals surface area contributed by atoms with Gasteiger partial charge >= 0.3 is 0 Å². The lowest BCUT2D eigenvalue weighted by Crippen LogP contribution is -1.95. The van der Waals surface area contributed by atoms with Crippen molar-refractivity contribution in [1.82, 2.24) is 4.98 Å². The molecule has 0 aliphatic carbocycles. The second-order valence-corrected chi connectivity index (χ2v) is 4.17. The normalized spacial score (nSPS) is 12.0. The number of H-pyrrole nitrogens is 1. The van der Waals surface area contributed by atoms with Gasteiger partial charge in [-0.25, -0.2) is 0 Å². The van der Waals surface area contributed by atoms with Crippen molar-refractivity contribution in [3.8, 4) is 6.07 Å². The summed E-state index contributed by atoms with van der Waals surface area (Å²) in [5.41, 5.74) is 2.01. The third kappa shape index (κ3) is 2.11. The number of nitrogens with zero attached hydrogens (tertiary/aromatic N) is 1. The summed E-state index contributed by atoms with van der Waals surface area (Å²) < 4.78 is 1.03. The Morgan fingerprint density at radius 1 is 1.13 bits per heavy atom. The second-order valence-electron chi connectivity index (χ2n) is 3.26. The van der Waals surface area contributed by atoms with Gasteiger partial charge in [0.1, 0.15) is 0 Å². The molecule has 0 saturated heterocycles. The van der Waals surface area contributed by atoms with E-state index in [4.69, 9.17) is 5.26 Å². The molecule has 0 bridgehead atoms. The summed E-state index contributed by atoms with van der Waals surface area (Å²) in [4.78, 5) is 2.97. The summed E-state index contributed by atoms with van der Waals surface area (Å²) in [5, 5.41) is 9.14. The summed E-state index contributed by atoms with van der Waals surface area (Å²) >= 11 is 3.38. The van der Waals surface area contributed by atoms with Crippen molar-refractivity contribution in [3.05, 3.63) is 58.3 Å². The molecule has 15 heavy (non-hydrogen) atoms. The zero-order chi connectivity index (χ0) is 10.7. The number of rotatable bonds is 2. The molecule has 1 heterocycles. The molecule has 0 amide bonds. The SMILES string of the molecule is N#CC(c1ccc(Br)cc1)c1cc[nH]c1. The van der Waals surface area contributed by atoms with Crippen LogP contribution in [0.3, 0.4) is 0 Å². The van der Waals surface area contributed by atoms with Crippen LogP contribution in [0.4, 0.5) is 0 Å². The van der Waals surface area contributed by atoms with Crippen LogP contribution in [0.5, 0.6) is 0 Å². The molecule has 2 aromatic rings. The van der Waals surface area contributed by atoms with Crippen molar-refractivity contribution in [2.45, 2.75) is 5.92 Å². The Morgan fingerprint density at radius 3 is 2.40 bits per heavy atom. The van der Waals surface area contributed by atoms with E-state index in [2.05, 4.69) is 27.0 Å². The molecule has 2 nitrogen and oxygen atoms in total. The average Bonchev–Trinajstić information content (AvgIpc) is 2.75. The predicted octanol–water partition coefficient (Wildman–Crippen LogP) is 3.43. The lowest BCUT2D eigenvalue weighted by atomic mass is 9.95. The largest absolute Gasteiger partial charge is 0.367 e. The quantitative estimate of drug-likeness (QED) is 0.883. The van der Waals surface area contributed by atoms with Crippen LogP contribution in [0.1, 0.15) is 17.0 Å². The summed E-state index contributed by atoms with van der Waals surface area (Å²) in [6.45, 7) is 0. The first kappa shape index (κ1) is 10.0.